The molecule has 0 heterocycles. The molecule has 0 saturated heterocycles. The third-order valence-electron chi connectivity index (χ3n) is 3.17. The van der Waals surface area contributed by atoms with Crippen molar-refractivity contribution in [3.8, 4) is 5.75 Å². The zero-order valence-corrected chi connectivity index (χ0v) is 14.8. The molecule has 0 aliphatic rings. The Morgan fingerprint density at radius 2 is 1.96 bits per heavy atom. The van der Waals surface area contributed by atoms with E-state index in [0.717, 1.165) is 22.8 Å². The molecule has 0 spiro atoms. The van der Waals surface area contributed by atoms with Gasteiger partial charge in [-0.15, -0.1) is 11.8 Å². The van der Waals surface area contributed by atoms with Crippen LogP contribution in [0.4, 0.5) is 5.69 Å². The van der Waals surface area contributed by atoms with Crippen LogP contribution in [0.1, 0.15) is 20.3 Å². The number of carbonyl (C=O) groups is 1. The molecule has 2 aromatic carbocycles. The van der Waals surface area contributed by atoms with Crippen molar-refractivity contribution in [1.29, 1.82) is 0 Å². The average molecular weight is 350 g/mol. The summed E-state index contributed by atoms with van der Waals surface area (Å²) in [6.07, 6.45) is 0.740. The van der Waals surface area contributed by atoms with E-state index in [2.05, 4.69) is 5.32 Å². The minimum atomic E-state index is -0.160. The monoisotopic (exact) mass is 349 g/mol. The van der Waals surface area contributed by atoms with Crippen LogP contribution in [-0.4, -0.2) is 17.8 Å². The van der Waals surface area contributed by atoms with E-state index in [9.17, 15) is 4.79 Å². The molecule has 2 aromatic rings. The Labute approximate surface area is 146 Å². The summed E-state index contributed by atoms with van der Waals surface area (Å²) >= 11 is 7.43. The van der Waals surface area contributed by atoms with Gasteiger partial charge >= 0.3 is 0 Å². The Morgan fingerprint density at radius 3 is 2.61 bits per heavy atom. The van der Waals surface area contributed by atoms with Crippen LogP contribution in [0.2, 0.25) is 5.02 Å². The lowest BCUT2D eigenvalue weighted by atomic mass is 10.2. The summed E-state index contributed by atoms with van der Waals surface area (Å²) in [6, 6.07) is 15.0. The van der Waals surface area contributed by atoms with Crippen molar-refractivity contribution < 1.29 is 9.53 Å². The molecular formula is C18H20ClNO2S. The minimum Gasteiger partial charge on any atom is -0.494 e. The van der Waals surface area contributed by atoms with E-state index >= 15 is 0 Å². The number of halogens is 1. The summed E-state index contributed by atoms with van der Waals surface area (Å²) in [5, 5.41) is 3.49. The zero-order chi connectivity index (χ0) is 16.7. The molecule has 5 heteroatoms. The van der Waals surface area contributed by atoms with Crippen molar-refractivity contribution in [1.82, 2.24) is 0 Å². The van der Waals surface area contributed by atoms with Crippen molar-refractivity contribution in [2.24, 2.45) is 0 Å². The van der Waals surface area contributed by atoms with Crippen molar-refractivity contribution >= 4 is 35.0 Å². The Balaban J connectivity index is 2.02. The van der Waals surface area contributed by atoms with E-state index in [1.165, 1.54) is 11.8 Å². The lowest BCUT2D eigenvalue weighted by Gasteiger charge is -2.15. The van der Waals surface area contributed by atoms with Gasteiger partial charge in [-0.05, 0) is 49.7 Å². The highest BCUT2D eigenvalue weighted by atomic mass is 35.5. The van der Waals surface area contributed by atoms with Crippen LogP contribution in [0.15, 0.2) is 53.4 Å². The first-order valence-corrected chi connectivity index (χ1v) is 8.84. The van der Waals surface area contributed by atoms with Gasteiger partial charge in [-0.25, -0.2) is 0 Å². The fourth-order valence-corrected chi connectivity index (χ4v) is 3.13. The number of rotatable bonds is 7. The quantitative estimate of drug-likeness (QED) is 0.694. The first-order valence-electron chi connectivity index (χ1n) is 7.58. The zero-order valence-electron chi connectivity index (χ0n) is 13.2. The van der Waals surface area contributed by atoms with E-state index in [-0.39, 0.29) is 11.2 Å². The van der Waals surface area contributed by atoms with E-state index in [1.807, 2.05) is 62.4 Å². The van der Waals surface area contributed by atoms with E-state index in [0.29, 0.717) is 11.6 Å². The van der Waals surface area contributed by atoms with E-state index in [1.54, 1.807) is 0 Å². The molecule has 0 bridgehead atoms. The summed E-state index contributed by atoms with van der Waals surface area (Å²) in [6.45, 7) is 4.53. The lowest BCUT2D eigenvalue weighted by molar-refractivity contribution is -0.115. The van der Waals surface area contributed by atoms with Gasteiger partial charge in [0, 0.05) is 21.7 Å². The predicted octanol–water partition coefficient (Wildman–Crippen LogP) is 5.25. The molecule has 0 unspecified atom stereocenters. The normalized spacial score (nSPS) is 11.8. The molecule has 0 radical (unpaired) electrons. The minimum absolute atomic E-state index is 0.0129. The van der Waals surface area contributed by atoms with Crippen LogP contribution in [0.25, 0.3) is 0 Å². The molecular weight excluding hydrogens is 330 g/mol. The Hall–Kier alpha value is -1.65. The molecule has 0 aliphatic carbocycles. The molecule has 1 amide bonds. The molecule has 122 valence electrons. The SMILES string of the molecule is CCOc1cccc(NC(=O)[C@@H](CC)Sc2ccc(Cl)cc2)c1. The van der Waals surface area contributed by atoms with Crippen LogP contribution in [-0.2, 0) is 4.79 Å². The van der Waals surface area contributed by atoms with Gasteiger partial charge in [0.2, 0.25) is 5.91 Å². The van der Waals surface area contributed by atoms with E-state index in [4.69, 9.17) is 16.3 Å². The highest BCUT2D eigenvalue weighted by molar-refractivity contribution is 8.00. The predicted molar refractivity (Wildman–Crippen MR) is 97.6 cm³/mol. The van der Waals surface area contributed by atoms with Gasteiger partial charge in [-0.2, -0.15) is 0 Å². The summed E-state index contributed by atoms with van der Waals surface area (Å²) in [5.74, 6) is 0.741. The summed E-state index contributed by atoms with van der Waals surface area (Å²) in [7, 11) is 0. The first kappa shape index (κ1) is 17.7. The molecule has 3 nitrogen and oxygen atoms in total. The van der Waals surface area contributed by atoms with Crippen LogP contribution < -0.4 is 10.1 Å². The molecule has 1 N–H and O–H groups in total. The van der Waals surface area contributed by atoms with Gasteiger partial charge in [0.25, 0.3) is 0 Å². The molecule has 0 aromatic heterocycles. The fraction of sp³-hybridized carbons (Fsp3) is 0.278. The number of amides is 1. The Morgan fingerprint density at radius 1 is 1.22 bits per heavy atom. The largest absolute Gasteiger partial charge is 0.494 e. The van der Waals surface area contributed by atoms with Crippen molar-refractivity contribution in [3.05, 3.63) is 53.6 Å². The number of thioether (sulfide) groups is 1. The van der Waals surface area contributed by atoms with Crippen LogP contribution >= 0.6 is 23.4 Å². The van der Waals surface area contributed by atoms with Gasteiger partial charge in [-0.1, -0.05) is 24.6 Å². The highest BCUT2D eigenvalue weighted by Gasteiger charge is 2.18. The third-order valence-corrected chi connectivity index (χ3v) is 4.80. The van der Waals surface area contributed by atoms with Crippen molar-refractivity contribution in [2.45, 2.75) is 30.4 Å². The molecule has 0 aliphatic heterocycles. The van der Waals surface area contributed by atoms with Crippen molar-refractivity contribution in [3.63, 3.8) is 0 Å². The molecule has 1 atom stereocenters. The lowest BCUT2D eigenvalue weighted by Crippen LogP contribution is -2.24. The maximum Gasteiger partial charge on any atom is 0.237 e. The molecule has 2 rings (SSSR count). The molecule has 0 fully saturated rings. The third kappa shape index (κ3) is 5.48. The van der Waals surface area contributed by atoms with Crippen molar-refractivity contribution in [2.75, 3.05) is 11.9 Å². The Kier molecular flexibility index (Phi) is 6.81. The maximum atomic E-state index is 12.5. The van der Waals surface area contributed by atoms with Crippen LogP contribution in [0.3, 0.4) is 0 Å². The second kappa shape index (κ2) is 8.85. The summed E-state index contributed by atoms with van der Waals surface area (Å²) < 4.78 is 5.45. The van der Waals surface area contributed by atoms with Gasteiger partial charge in [-0.3, -0.25) is 4.79 Å². The molecule has 0 saturated carbocycles. The molecule has 23 heavy (non-hydrogen) atoms. The maximum absolute atomic E-state index is 12.5. The summed E-state index contributed by atoms with van der Waals surface area (Å²) in [4.78, 5) is 13.5. The second-order valence-electron chi connectivity index (χ2n) is 4.92. The second-order valence-corrected chi connectivity index (χ2v) is 6.63. The summed E-state index contributed by atoms with van der Waals surface area (Å²) in [5.41, 5.74) is 0.746. The number of hydrogen-bond acceptors (Lipinski definition) is 3. The first-order chi connectivity index (χ1) is 11.1. The highest BCUT2D eigenvalue weighted by Crippen LogP contribution is 2.28. The van der Waals surface area contributed by atoms with Gasteiger partial charge < -0.3 is 10.1 Å². The van der Waals surface area contributed by atoms with Crippen LogP contribution in [0, 0.1) is 0 Å². The number of hydrogen-bond donors (Lipinski definition) is 1. The van der Waals surface area contributed by atoms with Gasteiger partial charge in [0.15, 0.2) is 0 Å². The number of benzene rings is 2. The topological polar surface area (TPSA) is 38.3 Å². The smallest absolute Gasteiger partial charge is 0.237 e. The Bertz CT molecular complexity index is 646. The van der Waals surface area contributed by atoms with Gasteiger partial charge in [0.05, 0.1) is 11.9 Å². The average Bonchev–Trinajstić information content (AvgIpc) is 2.55. The van der Waals surface area contributed by atoms with Gasteiger partial charge in [0.1, 0.15) is 5.75 Å². The standard InChI is InChI=1S/C18H20ClNO2S/c1-3-17(23-16-10-8-13(19)9-11-16)18(21)20-14-6-5-7-15(12-14)22-4-2/h5-12,17H,3-4H2,1-2H3,(H,20,21)/t17-/m1/s1. The van der Waals surface area contributed by atoms with E-state index < -0.39 is 0 Å². The number of carbonyl (C=O) groups excluding carboxylic acids is 1. The number of ether oxygens (including phenoxy) is 1. The van der Waals surface area contributed by atoms with Crippen LogP contribution in [0.5, 0.6) is 5.75 Å². The fourth-order valence-electron chi connectivity index (χ4n) is 2.05. The number of anilines is 1. The number of nitrogens with one attached hydrogen (secondary N) is 1.